The van der Waals surface area contributed by atoms with Crippen LogP contribution in [0.25, 0.3) is 22.2 Å². The fourth-order valence-electron chi connectivity index (χ4n) is 1.98. The zero-order valence-electron chi connectivity index (χ0n) is 9.47. The van der Waals surface area contributed by atoms with Crippen molar-refractivity contribution in [3.05, 3.63) is 48.8 Å². The quantitative estimate of drug-likeness (QED) is 0.725. The Morgan fingerprint density at radius 1 is 1.18 bits per heavy atom. The van der Waals surface area contributed by atoms with Crippen molar-refractivity contribution in [3.8, 4) is 17.0 Å². The van der Waals surface area contributed by atoms with Crippen LogP contribution in [0, 0.1) is 0 Å². The third-order valence-corrected chi connectivity index (χ3v) is 2.82. The molecule has 3 aromatic rings. The van der Waals surface area contributed by atoms with Gasteiger partial charge in [-0.1, -0.05) is 18.2 Å². The molecule has 2 aromatic heterocycles. The van der Waals surface area contributed by atoms with Crippen LogP contribution in [0.1, 0.15) is 0 Å². The van der Waals surface area contributed by atoms with E-state index < -0.39 is 0 Å². The van der Waals surface area contributed by atoms with Crippen LogP contribution in [0.4, 0.5) is 0 Å². The molecule has 0 spiro atoms. The number of pyridine rings is 1. The SMILES string of the molecule is COc1ccncc1-c1cc2ccccc2[nH]1. The number of fused-ring (bicyclic) bond motifs is 1. The minimum absolute atomic E-state index is 0.826. The first-order valence-corrected chi connectivity index (χ1v) is 5.44. The lowest BCUT2D eigenvalue weighted by Crippen LogP contribution is -1.88. The minimum Gasteiger partial charge on any atom is -0.496 e. The molecule has 17 heavy (non-hydrogen) atoms. The summed E-state index contributed by atoms with van der Waals surface area (Å²) in [6.07, 6.45) is 3.54. The average Bonchev–Trinajstić information content (AvgIpc) is 2.82. The van der Waals surface area contributed by atoms with Crippen molar-refractivity contribution in [1.82, 2.24) is 9.97 Å². The van der Waals surface area contributed by atoms with Crippen LogP contribution in [0.3, 0.4) is 0 Å². The highest BCUT2D eigenvalue weighted by atomic mass is 16.5. The number of aromatic nitrogens is 2. The van der Waals surface area contributed by atoms with Crippen LogP contribution < -0.4 is 4.74 Å². The van der Waals surface area contributed by atoms with Gasteiger partial charge in [-0.3, -0.25) is 4.98 Å². The summed E-state index contributed by atoms with van der Waals surface area (Å²) in [4.78, 5) is 7.51. The van der Waals surface area contributed by atoms with Crippen molar-refractivity contribution in [2.24, 2.45) is 0 Å². The van der Waals surface area contributed by atoms with E-state index in [0.29, 0.717) is 0 Å². The highest BCUT2D eigenvalue weighted by molar-refractivity contribution is 5.86. The number of aromatic amines is 1. The number of H-pyrrole nitrogens is 1. The number of benzene rings is 1. The summed E-state index contributed by atoms with van der Waals surface area (Å²) in [5, 5.41) is 1.19. The number of nitrogens with one attached hydrogen (secondary N) is 1. The van der Waals surface area contributed by atoms with Crippen LogP contribution in [0.2, 0.25) is 0 Å². The zero-order valence-corrected chi connectivity index (χ0v) is 9.47. The van der Waals surface area contributed by atoms with E-state index >= 15 is 0 Å². The Hall–Kier alpha value is -2.29. The van der Waals surface area contributed by atoms with Crippen LogP contribution >= 0.6 is 0 Å². The van der Waals surface area contributed by atoms with Crippen molar-refractivity contribution in [2.75, 3.05) is 7.11 Å². The zero-order chi connectivity index (χ0) is 11.7. The van der Waals surface area contributed by atoms with Gasteiger partial charge in [-0.2, -0.15) is 0 Å². The number of hydrogen-bond acceptors (Lipinski definition) is 2. The van der Waals surface area contributed by atoms with Crippen molar-refractivity contribution < 1.29 is 4.74 Å². The lowest BCUT2D eigenvalue weighted by Gasteiger charge is -2.04. The van der Waals surface area contributed by atoms with Gasteiger partial charge < -0.3 is 9.72 Å². The van der Waals surface area contributed by atoms with E-state index in [1.807, 2.05) is 24.4 Å². The molecule has 3 heteroatoms. The Morgan fingerprint density at radius 3 is 2.88 bits per heavy atom. The van der Waals surface area contributed by atoms with Gasteiger partial charge in [-0.25, -0.2) is 0 Å². The van der Waals surface area contributed by atoms with Crippen molar-refractivity contribution in [2.45, 2.75) is 0 Å². The summed E-state index contributed by atoms with van der Waals surface area (Å²) in [5.74, 6) is 0.826. The van der Waals surface area contributed by atoms with E-state index in [4.69, 9.17) is 4.74 Å². The predicted octanol–water partition coefficient (Wildman–Crippen LogP) is 3.24. The molecule has 0 radical (unpaired) electrons. The summed E-state index contributed by atoms with van der Waals surface area (Å²) in [6, 6.07) is 12.2. The van der Waals surface area contributed by atoms with Crippen LogP contribution in [0.15, 0.2) is 48.8 Å². The Kier molecular flexibility index (Phi) is 2.29. The molecule has 0 aliphatic rings. The Labute approximate surface area is 99.1 Å². The Morgan fingerprint density at radius 2 is 2.06 bits per heavy atom. The fourth-order valence-corrected chi connectivity index (χ4v) is 1.98. The Bertz CT molecular complexity index is 625. The molecule has 0 aliphatic carbocycles. The fraction of sp³-hybridized carbons (Fsp3) is 0.0714. The van der Waals surface area contributed by atoms with Gasteiger partial charge in [0.25, 0.3) is 0 Å². The van der Waals surface area contributed by atoms with Crippen LogP contribution in [-0.4, -0.2) is 17.1 Å². The number of methoxy groups -OCH3 is 1. The number of ether oxygens (including phenoxy) is 1. The molecule has 0 fully saturated rings. The number of nitrogens with zero attached hydrogens (tertiary/aromatic N) is 1. The number of rotatable bonds is 2. The second-order valence-electron chi connectivity index (χ2n) is 3.85. The van der Waals surface area contributed by atoms with Gasteiger partial charge in [-0.05, 0) is 18.2 Å². The van der Waals surface area contributed by atoms with Crippen LogP contribution in [-0.2, 0) is 0 Å². The smallest absolute Gasteiger partial charge is 0.131 e. The van der Waals surface area contributed by atoms with Gasteiger partial charge in [0.15, 0.2) is 0 Å². The molecule has 1 aromatic carbocycles. The molecule has 2 heterocycles. The first-order valence-electron chi connectivity index (χ1n) is 5.44. The largest absolute Gasteiger partial charge is 0.496 e. The summed E-state index contributed by atoms with van der Waals surface area (Å²) >= 11 is 0. The second-order valence-corrected chi connectivity index (χ2v) is 3.85. The summed E-state index contributed by atoms with van der Waals surface area (Å²) < 4.78 is 5.34. The molecule has 1 N–H and O–H groups in total. The van der Waals surface area contributed by atoms with Gasteiger partial charge in [0.2, 0.25) is 0 Å². The van der Waals surface area contributed by atoms with E-state index in [2.05, 4.69) is 28.2 Å². The van der Waals surface area contributed by atoms with E-state index in [9.17, 15) is 0 Å². The first-order chi connectivity index (χ1) is 8.38. The normalized spacial score (nSPS) is 10.6. The molecule has 0 saturated carbocycles. The topological polar surface area (TPSA) is 37.9 Å². The molecule has 0 aliphatic heterocycles. The van der Waals surface area contributed by atoms with Crippen molar-refractivity contribution >= 4 is 10.9 Å². The molecule has 0 unspecified atom stereocenters. The maximum absolute atomic E-state index is 5.34. The average molecular weight is 224 g/mol. The Balaban J connectivity index is 2.20. The van der Waals surface area contributed by atoms with E-state index in [1.54, 1.807) is 13.3 Å². The molecule has 3 rings (SSSR count). The number of hydrogen-bond donors (Lipinski definition) is 1. The molecule has 0 amide bonds. The van der Waals surface area contributed by atoms with Gasteiger partial charge in [0, 0.05) is 23.3 Å². The van der Waals surface area contributed by atoms with E-state index in [0.717, 1.165) is 22.5 Å². The van der Waals surface area contributed by atoms with Gasteiger partial charge in [-0.15, -0.1) is 0 Å². The molecular formula is C14H12N2O. The molecule has 0 saturated heterocycles. The third-order valence-electron chi connectivity index (χ3n) is 2.82. The van der Waals surface area contributed by atoms with Gasteiger partial charge >= 0.3 is 0 Å². The lowest BCUT2D eigenvalue weighted by molar-refractivity contribution is 0.416. The molecular weight excluding hydrogens is 212 g/mol. The molecule has 0 bridgehead atoms. The maximum Gasteiger partial charge on any atom is 0.131 e. The summed E-state index contributed by atoms with van der Waals surface area (Å²) in [7, 11) is 1.67. The molecule has 84 valence electrons. The van der Waals surface area contributed by atoms with Gasteiger partial charge in [0.05, 0.1) is 18.4 Å². The van der Waals surface area contributed by atoms with Gasteiger partial charge in [0.1, 0.15) is 5.75 Å². The molecule has 0 atom stereocenters. The van der Waals surface area contributed by atoms with Crippen LogP contribution in [0.5, 0.6) is 5.75 Å². The predicted molar refractivity (Wildman–Crippen MR) is 68.1 cm³/mol. The van der Waals surface area contributed by atoms with Crippen molar-refractivity contribution in [3.63, 3.8) is 0 Å². The van der Waals surface area contributed by atoms with E-state index in [-0.39, 0.29) is 0 Å². The third kappa shape index (κ3) is 1.65. The summed E-state index contributed by atoms with van der Waals surface area (Å²) in [5.41, 5.74) is 3.12. The molecule has 3 nitrogen and oxygen atoms in total. The van der Waals surface area contributed by atoms with E-state index in [1.165, 1.54) is 5.39 Å². The first kappa shape index (κ1) is 9.90. The highest BCUT2D eigenvalue weighted by Gasteiger charge is 2.08. The second kappa shape index (κ2) is 3.94. The number of para-hydroxylation sites is 1. The summed E-state index contributed by atoms with van der Waals surface area (Å²) in [6.45, 7) is 0. The van der Waals surface area contributed by atoms with Crippen molar-refractivity contribution in [1.29, 1.82) is 0 Å². The highest BCUT2D eigenvalue weighted by Crippen LogP contribution is 2.30. The standard InChI is InChI=1S/C14H12N2O/c1-17-14-6-7-15-9-11(14)13-8-10-4-2-3-5-12(10)16-13/h2-9,16H,1H3. The maximum atomic E-state index is 5.34. The minimum atomic E-state index is 0.826. The lowest BCUT2D eigenvalue weighted by atomic mass is 10.2. The monoisotopic (exact) mass is 224 g/mol.